The molecule has 86 valence electrons. The normalized spacial score (nSPS) is 19.3. The van der Waals surface area contributed by atoms with Gasteiger partial charge in [-0.25, -0.2) is 18.7 Å². The summed E-state index contributed by atoms with van der Waals surface area (Å²) in [5, 5.41) is 7.45. The van der Waals surface area contributed by atoms with E-state index in [1.165, 1.54) is 18.4 Å². The van der Waals surface area contributed by atoms with Gasteiger partial charge in [0.15, 0.2) is 9.92 Å². The Hall–Kier alpha value is 0.270. The number of nitrogens with two attached hydrogens (primary N) is 1. The Kier molecular flexibility index (Phi) is 4.13. The van der Waals surface area contributed by atoms with Gasteiger partial charge in [-0.1, -0.05) is 29.5 Å². The maximum absolute atomic E-state index is 11.7. The molecule has 0 saturated heterocycles. The molecular weight excluding hydrogens is 345 g/mol. The number of aromatic nitrogens is 1. The SMILES string of the molecule is CCC(C)(I)c1csc(S(N)(=O)=NC)n1. The summed E-state index contributed by atoms with van der Waals surface area (Å²) in [4.78, 5) is 4.31. The van der Waals surface area contributed by atoms with Crippen LogP contribution in [0, 0.1) is 0 Å². The highest BCUT2D eigenvalue weighted by molar-refractivity contribution is 14.1. The molecule has 0 radical (unpaired) electrons. The Morgan fingerprint density at radius 1 is 1.80 bits per heavy atom. The minimum atomic E-state index is -2.77. The fourth-order valence-electron chi connectivity index (χ4n) is 0.890. The topological polar surface area (TPSA) is 68.3 Å². The fourth-order valence-corrected chi connectivity index (χ4v) is 3.36. The molecule has 2 unspecified atom stereocenters. The molecule has 7 heteroatoms. The summed E-state index contributed by atoms with van der Waals surface area (Å²) in [6, 6.07) is 0. The highest BCUT2D eigenvalue weighted by Gasteiger charge is 2.25. The smallest absolute Gasteiger partial charge is 0.204 e. The van der Waals surface area contributed by atoms with Crippen molar-refractivity contribution in [2.24, 2.45) is 9.50 Å². The molecule has 15 heavy (non-hydrogen) atoms. The summed E-state index contributed by atoms with van der Waals surface area (Å²) in [6.07, 6.45) is 0.964. The van der Waals surface area contributed by atoms with Gasteiger partial charge in [-0.3, -0.25) is 0 Å². The highest BCUT2D eigenvalue weighted by Crippen LogP contribution is 2.35. The summed E-state index contributed by atoms with van der Waals surface area (Å²) in [5.41, 5.74) is 0.924. The molecule has 0 spiro atoms. The third-order valence-corrected chi connectivity index (χ3v) is 6.29. The monoisotopic (exact) mass is 359 g/mol. The van der Waals surface area contributed by atoms with Crippen LogP contribution in [0.2, 0.25) is 0 Å². The molecule has 0 bridgehead atoms. The first-order valence-electron chi connectivity index (χ1n) is 4.41. The van der Waals surface area contributed by atoms with Gasteiger partial charge < -0.3 is 0 Å². The molecule has 1 aromatic rings. The van der Waals surface area contributed by atoms with Crippen molar-refractivity contribution in [3.05, 3.63) is 11.1 Å². The van der Waals surface area contributed by atoms with Crippen molar-refractivity contribution in [3.8, 4) is 0 Å². The van der Waals surface area contributed by atoms with Gasteiger partial charge in [-0.05, 0) is 13.3 Å². The number of hydrogen-bond acceptors (Lipinski definition) is 4. The number of alkyl halides is 1. The zero-order chi connectivity index (χ0) is 11.7. The average Bonchev–Trinajstić information content (AvgIpc) is 2.67. The van der Waals surface area contributed by atoms with Crippen LogP contribution < -0.4 is 5.14 Å². The van der Waals surface area contributed by atoms with Gasteiger partial charge in [0.1, 0.15) is 0 Å². The van der Waals surface area contributed by atoms with Crippen LogP contribution in [0.5, 0.6) is 0 Å². The number of thiazole rings is 1. The van der Waals surface area contributed by atoms with E-state index in [1.807, 2.05) is 5.38 Å². The second-order valence-corrected chi connectivity index (χ2v) is 8.69. The zero-order valence-corrected chi connectivity index (χ0v) is 12.6. The Morgan fingerprint density at radius 2 is 2.40 bits per heavy atom. The van der Waals surface area contributed by atoms with E-state index >= 15 is 0 Å². The van der Waals surface area contributed by atoms with Crippen LogP contribution in [0.4, 0.5) is 0 Å². The van der Waals surface area contributed by atoms with E-state index in [9.17, 15) is 4.21 Å². The summed E-state index contributed by atoms with van der Waals surface area (Å²) in [6.45, 7) is 4.18. The van der Waals surface area contributed by atoms with Gasteiger partial charge in [0.05, 0.1) is 9.12 Å². The minimum absolute atomic E-state index is 0.0320. The van der Waals surface area contributed by atoms with Crippen LogP contribution in [0.15, 0.2) is 14.1 Å². The van der Waals surface area contributed by atoms with Crippen molar-refractivity contribution in [2.75, 3.05) is 7.05 Å². The first-order valence-corrected chi connectivity index (χ1v) is 7.95. The van der Waals surface area contributed by atoms with Gasteiger partial charge in [0.25, 0.3) is 0 Å². The molecule has 0 aliphatic carbocycles. The first kappa shape index (κ1) is 13.3. The number of nitrogens with zero attached hydrogens (tertiary/aromatic N) is 2. The van der Waals surface area contributed by atoms with Crippen LogP contribution in [-0.4, -0.2) is 16.2 Å². The second kappa shape index (κ2) is 4.64. The third kappa shape index (κ3) is 2.89. The lowest BCUT2D eigenvalue weighted by Gasteiger charge is -2.16. The lowest BCUT2D eigenvalue weighted by molar-refractivity contribution is 0.665. The molecule has 1 rings (SSSR count). The molecule has 0 aliphatic rings. The molecule has 0 saturated carbocycles. The quantitative estimate of drug-likeness (QED) is 0.666. The minimum Gasteiger partial charge on any atom is -0.239 e. The fraction of sp³-hybridized carbons (Fsp3) is 0.625. The molecule has 0 aliphatic heterocycles. The van der Waals surface area contributed by atoms with Crippen LogP contribution >= 0.6 is 33.9 Å². The van der Waals surface area contributed by atoms with Crippen molar-refractivity contribution in [3.63, 3.8) is 0 Å². The molecule has 4 nitrogen and oxygen atoms in total. The molecular formula is C8H14IN3OS2. The second-order valence-electron chi connectivity index (χ2n) is 3.30. The standard InChI is InChI=1S/C8H14IN3OS2/c1-4-8(2,9)6-5-14-7(12-6)15(10,13)11-3/h5H,4H2,1-3H3,(H2,10,11,13). The van der Waals surface area contributed by atoms with Crippen molar-refractivity contribution in [2.45, 2.75) is 28.0 Å². The lowest BCUT2D eigenvalue weighted by atomic mass is 10.1. The van der Waals surface area contributed by atoms with E-state index in [4.69, 9.17) is 5.14 Å². The van der Waals surface area contributed by atoms with Crippen LogP contribution in [0.3, 0.4) is 0 Å². The van der Waals surface area contributed by atoms with E-state index < -0.39 is 9.92 Å². The van der Waals surface area contributed by atoms with Crippen molar-refractivity contribution >= 4 is 43.8 Å². The van der Waals surface area contributed by atoms with E-state index in [-0.39, 0.29) is 3.42 Å². The summed E-state index contributed by atoms with van der Waals surface area (Å²) < 4.78 is 15.8. The van der Waals surface area contributed by atoms with Crippen molar-refractivity contribution < 1.29 is 4.21 Å². The molecule has 1 heterocycles. The molecule has 0 fully saturated rings. The predicted octanol–water partition coefficient (Wildman–Crippen LogP) is 2.53. The summed E-state index contributed by atoms with van der Waals surface area (Å²) in [7, 11) is -1.32. The maximum atomic E-state index is 11.7. The van der Waals surface area contributed by atoms with Gasteiger partial charge in [-0.2, -0.15) is 0 Å². The molecule has 0 aromatic carbocycles. The Balaban J connectivity index is 3.17. The molecule has 2 N–H and O–H groups in total. The van der Waals surface area contributed by atoms with Gasteiger partial charge in [0, 0.05) is 12.4 Å². The average molecular weight is 359 g/mol. The van der Waals surface area contributed by atoms with Gasteiger partial charge in [-0.15, -0.1) is 11.3 Å². The Morgan fingerprint density at radius 3 is 2.87 bits per heavy atom. The van der Waals surface area contributed by atoms with E-state index in [0.717, 1.165) is 12.1 Å². The predicted molar refractivity (Wildman–Crippen MR) is 72.7 cm³/mol. The van der Waals surface area contributed by atoms with Crippen LogP contribution in [-0.2, 0) is 13.3 Å². The molecule has 2 atom stereocenters. The Labute approximate surface area is 108 Å². The molecule has 0 amide bonds. The lowest BCUT2D eigenvalue weighted by Crippen LogP contribution is -2.15. The van der Waals surface area contributed by atoms with Crippen LogP contribution in [0.1, 0.15) is 26.0 Å². The van der Waals surface area contributed by atoms with Gasteiger partial charge >= 0.3 is 0 Å². The Bertz CT molecular complexity index is 460. The summed E-state index contributed by atoms with van der Waals surface area (Å²) >= 11 is 3.65. The highest BCUT2D eigenvalue weighted by atomic mass is 127. The van der Waals surface area contributed by atoms with E-state index in [0.29, 0.717) is 4.34 Å². The van der Waals surface area contributed by atoms with Gasteiger partial charge in [0.2, 0.25) is 4.34 Å². The van der Waals surface area contributed by atoms with Crippen molar-refractivity contribution in [1.29, 1.82) is 0 Å². The molecule has 1 aromatic heterocycles. The van der Waals surface area contributed by atoms with Crippen molar-refractivity contribution in [1.82, 2.24) is 4.98 Å². The third-order valence-electron chi connectivity index (χ3n) is 2.20. The summed E-state index contributed by atoms with van der Waals surface area (Å²) in [5.74, 6) is 0. The number of halogens is 1. The number of rotatable bonds is 3. The zero-order valence-electron chi connectivity index (χ0n) is 8.86. The van der Waals surface area contributed by atoms with Crippen LogP contribution in [0.25, 0.3) is 0 Å². The number of hydrogen-bond donors (Lipinski definition) is 1. The largest absolute Gasteiger partial charge is 0.239 e. The first-order chi connectivity index (χ1) is 6.83. The van der Waals surface area contributed by atoms with E-state index in [1.54, 1.807) is 0 Å². The van der Waals surface area contributed by atoms with E-state index in [2.05, 4.69) is 45.8 Å². The maximum Gasteiger partial charge on any atom is 0.204 e.